The zero-order valence-corrected chi connectivity index (χ0v) is 19.1. The number of hydrogen-bond donors (Lipinski definition) is 1. The molecule has 8 heteroatoms. The minimum Gasteiger partial charge on any atom is -0.355 e. The highest BCUT2D eigenvalue weighted by Crippen LogP contribution is 2.31. The lowest BCUT2D eigenvalue weighted by Gasteiger charge is -2.19. The van der Waals surface area contributed by atoms with Crippen LogP contribution < -0.4 is 10.2 Å². The highest BCUT2D eigenvalue weighted by atomic mass is 35.5. The Balaban J connectivity index is 1.47. The van der Waals surface area contributed by atoms with E-state index in [0.29, 0.717) is 16.7 Å². The molecule has 2 heterocycles. The molecule has 0 saturated carbocycles. The Labute approximate surface area is 192 Å². The molecule has 4 rings (SSSR count). The Morgan fingerprint density at radius 3 is 2.65 bits per heavy atom. The molecule has 1 aromatic heterocycles. The van der Waals surface area contributed by atoms with Gasteiger partial charge in [-0.1, -0.05) is 59.8 Å². The van der Waals surface area contributed by atoms with Crippen LogP contribution in [0.3, 0.4) is 0 Å². The predicted molar refractivity (Wildman–Crippen MR) is 126 cm³/mol. The van der Waals surface area contributed by atoms with Gasteiger partial charge in [0, 0.05) is 24.7 Å². The van der Waals surface area contributed by atoms with Gasteiger partial charge in [-0.15, -0.1) is 10.2 Å². The molecular weight excluding hydrogens is 430 g/mol. The summed E-state index contributed by atoms with van der Waals surface area (Å²) in [6.45, 7) is 4.42. The fraction of sp³-hybridized carbons (Fsp3) is 0.348. The third-order valence-corrected chi connectivity index (χ3v) is 6.56. The van der Waals surface area contributed by atoms with E-state index in [1.54, 1.807) is 0 Å². The molecule has 1 saturated heterocycles. The van der Waals surface area contributed by atoms with Gasteiger partial charge in [-0.3, -0.25) is 9.36 Å². The summed E-state index contributed by atoms with van der Waals surface area (Å²) in [5.74, 6) is 0.795. The summed E-state index contributed by atoms with van der Waals surface area (Å²) >= 11 is 7.66. The largest absolute Gasteiger partial charge is 0.355 e. The molecular formula is C23H26ClN5OS. The quantitative estimate of drug-likeness (QED) is 0.511. The molecule has 1 fully saturated rings. The molecule has 0 bridgehead atoms. The standard InChI is InChI=1S/C23H26ClN5OS/c1-17(21(30)25-13-12-18-8-3-2-4-9-18)31-23-27-26-22(28-14-5-6-15-28)29(23)20-11-7-10-19(24)16-20/h2-4,7-11,16-17H,5-6,12-15H2,1H3,(H,25,30). The van der Waals surface area contributed by atoms with Gasteiger partial charge < -0.3 is 10.2 Å². The van der Waals surface area contributed by atoms with E-state index >= 15 is 0 Å². The maximum atomic E-state index is 12.7. The molecule has 1 amide bonds. The van der Waals surface area contributed by atoms with E-state index in [-0.39, 0.29) is 11.2 Å². The normalized spacial score (nSPS) is 14.6. The van der Waals surface area contributed by atoms with Crippen LogP contribution in [0.2, 0.25) is 5.02 Å². The Bertz CT molecular complexity index is 1020. The Hall–Kier alpha value is -2.51. The summed E-state index contributed by atoms with van der Waals surface area (Å²) in [4.78, 5) is 14.9. The SMILES string of the molecule is CC(Sc1nnc(N2CCCC2)n1-c1cccc(Cl)c1)C(=O)NCCc1ccccc1. The van der Waals surface area contributed by atoms with Crippen molar-refractivity contribution in [1.29, 1.82) is 0 Å². The van der Waals surface area contributed by atoms with Crippen LogP contribution in [0, 0.1) is 0 Å². The van der Waals surface area contributed by atoms with Crippen molar-refractivity contribution >= 4 is 35.2 Å². The van der Waals surface area contributed by atoms with Crippen LogP contribution in [0.25, 0.3) is 5.69 Å². The van der Waals surface area contributed by atoms with E-state index in [9.17, 15) is 4.79 Å². The maximum Gasteiger partial charge on any atom is 0.233 e. The molecule has 3 aromatic rings. The van der Waals surface area contributed by atoms with E-state index in [2.05, 4.69) is 32.5 Å². The molecule has 2 aromatic carbocycles. The van der Waals surface area contributed by atoms with Crippen LogP contribution in [0.1, 0.15) is 25.3 Å². The molecule has 0 radical (unpaired) electrons. The number of amides is 1. The van der Waals surface area contributed by atoms with E-state index in [1.165, 1.54) is 17.3 Å². The van der Waals surface area contributed by atoms with Gasteiger partial charge in [0.25, 0.3) is 0 Å². The second kappa shape index (κ2) is 10.2. The molecule has 0 aliphatic carbocycles. The zero-order valence-electron chi connectivity index (χ0n) is 17.5. The summed E-state index contributed by atoms with van der Waals surface area (Å²) in [6.07, 6.45) is 3.10. The van der Waals surface area contributed by atoms with Gasteiger partial charge in [-0.25, -0.2) is 0 Å². The van der Waals surface area contributed by atoms with Crippen molar-refractivity contribution in [3.63, 3.8) is 0 Å². The lowest BCUT2D eigenvalue weighted by Crippen LogP contribution is -2.32. The van der Waals surface area contributed by atoms with Gasteiger partial charge in [0.05, 0.1) is 10.9 Å². The summed E-state index contributed by atoms with van der Waals surface area (Å²) < 4.78 is 2.01. The molecule has 1 N–H and O–H groups in total. The van der Waals surface area contributed by atoms with Gasteiger partial charge in [-0.05, 0) is 49.9 Å². The molecule has 0 spiro atoms. The second-order valence-corrected chi connectivity index (χ2v) is 9.32. The van der Waals surface area contributed by atoms with Crippen LogP contribution in [0.5, 0.6) is 0 Å². The van der Waals surface area contributed by atoms with Gasteiger partial charge in [0.1, 0.15) is 0 Å². The van der Waals surface area contributed by atoms with Crippen LogP contribution in [0.4, 0.5) is 5.95 Å². The number of carbonyl (C=O) groups is 1. The van der Waals surface area contributed by atoms with Crippen molar-refractivity contribution < 1.29 is 4.79 Å². The minimum absolute atomic E-state index is 0.00991. The van der Waals surface area contributed by atoms with E-state index in [0.717, 1.165) is 44.0 Å². The fourth-order valence-electron chi connectivity index (χ4n) is 3.63. The number of nitrogens with zero attached hydrogens (tertiary/aromatic N) is 4. The van der Waals surface area contributed by atoms with E-state index in [4.69, 9.17) is 11.6 Å². The monoisotopic (exact) mass is 455 g/mol. The van der Waals surface area contributed by atoms with E-state index < -0.39 is 0 Å². The Morgan fingerprint density at radius 1 is 1.13 bits per heavy atom. The highest BCUT2D eigenvalue weighted by molar-refractivity contribution is 8.00. The molecule has 1 aliphatic rings. The highest BCUT2D eigenvalue weighted by Gasteiger charge is 2.25. The first kappa shape index (κ1) is 21.7. The number of anilines is 1. The number of carbonyl (C=O) groups excluding carboxylic acids is 1. The molecule has 162 valence electrons. The fourth-order valence-corrected chi connectivity index (χ4v) is 4.70. The third-order valence-electron chi connectivity index (χ3n) is 5.28. The third kappa shape index (κ3) is 5.40. The van der Waals surface area contributed by atoms with Crippen LogP contribution in [-0.2, 0) is 11.2 Å². The Morgan fingerprint density at radius 2 is 1.90 bits per heavy atom. The summed E-state index contributed by atoms with van der Waals surface area (Å²) in [7, 11) is 0. The van der Waals surface area contributed by atoms with Crippen molar-refractivity contribution in [2.75, 3.05) is 24.5 Å². The predicted octanol–water partition coefficient (Wildman–Crippen LogP) is 4.36. The zero-order chi connectivity index (χ0) is 21.6. The average molecular weight is 456 g/mol. The maximum absolute atomic E-state index is 12.7. The summed E-state index contributed by atoms with van der Waals surface area (Å²) in [6, 6.07) is 17.8. The number of benzene rings is 2. The summed E-state index contributed by atoms with van der Waals surface area (Å²) in [5.41, 5.74) is 2.11. The van der Waals surface area contributed by atoms with Gasteiger partial charge in [-0.2, -0.15) is 0 Å². The second-order valence-electron chi connectivity index (χ2n) is 7.58. The summed E-state index contributed by atoms with van der Waals surface area (Å²) in [5, 5.41) is 13.0. The van der Waals surface area contributed by atoms with E-state index in [1.807, 2.05) is 54.0 Å². The lowest BCUT2D eigenvalue weighted by atomic mass is 10.1. The molecule has 1 atom stereocenters. The first-order valence-electron chi connectivity index (χ1n) is 10.6. The average Bonchev–Trinajstić information content (AvgIpc) is 3.44. The molecule has 1 aliphatic heterocycles. The number of rotatable bonds is 8. The molecule has 31 heavy (non-hydrogen) atoms. The number of halogens is 1. The molecule has 1 unspecified atom stereocenters. The smallest absolute Gasteiger partial charge is 0.233 e. The van der Waals surface area contributed by atoms with Crippen molar-refractivity contribution in [2.45, 2.75) is 36.6 Å². The first-order valence-corrected chi connectivity index (χ1v) is 11.8. The van der Waals surface area contributed by atoms with Crippen molar-refractivity contribution in [2.24, 2.45) is 0 Å². The number of nitrogens with one attached hydrogen (secondary N) is 1. The minimum atomic E-state index is -0.302. The van der Waals surface area contributed by atoms with Gasteiger partial charge in [0.15, 0.2) is 5.16 Å². The molecule has 6 nitrogen and oxygen atoms in total. The Kier molecular flexibility index (Phi) is 7.14. The van der Waals surface area contributed by atoms with Crippen molar-refractivity contribution in [3.8, 4) is 5.69 Å². The van der Waals surface area contributed by atoms with Crippen LogP contribution in [-0.4, -0.2) is 45.6 Å². The number of aromatic nitrogens is 3. The van der Waals surface area contributed by atoms with Crippen LogP contribution in [0.15, 0.2) is 59.8 Å². The van der Waals surface area contributed by atoms with Crippen LogP contribution >= 0.6 is 23.4 Å². The number of thioether (sulfide) groups is 1. The first-order chi connectivity index (χ1) is 15.1. The van der Waals surface area contributed by atoms with Gasteiger partial charge in [0.2, 0.25) is 11.9 Å². The van der Waals surface area contributed by atoms with Crippen molar-refractivity contribution in [1.82, 2.24) is 20.1 Å². The lowest BCUT2D eigenvalue weighted by molar-refractivity contribution is -0.120. The van der Waals surface area contributed by atoms with Gasteiger partial charge >= 0.3 is 0 Å². The van der Waals surface area contributed by atoms with Crippen molar-refractivity contribution in [3.05, 3.63) is 65.2 Å². The topological polar surface area (TPSA) is 63.1 Å². The number of hydrogen-bond acceptors (Lipinski definition) is 5.